The van der Waals surface area contributed by atoms with Crippen molar-refractivity contribution in [1.82, 2.24) is 10.2 Å². The zero-order chi connectivity index (χ0) is 19.1. The molecular formula is C17H22N4O3S2. The SMILES string of the molecule is CC(C)Cc1nnc(NC(=O)c2ccc3c(c2)C[C@H](C)N3S(C)(=O)=O)s1. The molecule has 0 saturated carbocycles. The summed E-state index contributed by atoms with van der Waals surface area (Å²) < 4.78 is 25.4. The summed E-state index contributed by atoms with van der Waals surface area (Å²) >= 11 is 1.37. The fourth-order valence-electron chi connectivity index (χ4n) is 3.15. The number of amides is 1. The molecule has 0 fully saturated rings. The Hall–Kier alpha value is -2.00. The van der Waals surface area contributed by atoms with E-state index < -0.39 is 10.0 Å². The Morgan fingerprint density at radius 1 is 1.38 bits per heavy atom. The molecule has 7 nitrogen and oxygen atoms in total. The monoisotopic (exact) mass is 394 g/mol. The second-order valence-corrected chi connectivity index (χ2v) is 9.93. The standard InChI is InChI=1S/C17H22N4O3S2/c1-10(2)7-15-19-20-17(25-15)18-16(22)12-5-6-14-13(9-12)8-11(3)21(14)26(4,23)24/h5-6,9-11H,7-8H2,1-4H3,(H,18,20,22)/t11-/m0/s1. The summed E-state index contributed by atoms with van der Waals surface area (Å²) in [6.45, 7) is 6.06. The molecule has 0 spiro atoms. The predicted octanol–water partition coefficient (Wildman–Crippen LogP) is 2.70. The number of fused-ring (bicyclic) bond motifs is 1. The van der Waals surface area contributed by atoms with Crippen LogP contribution in [0.3, 0.4) is 0 Å². The van der Waals surface area contributed by atoms with Crippen molar-refractivity contribution in [3.63, 3.8) is 0 Å². The Labute approximate surface area is 157 Å². The van der Waals surface area contributed by atoms with Crippen LogP contribution in [0.1, 0.15) is 41.7 Å². The van der Waals surface area contributed by atoms with E-state index in [2.05, 4.69) is 29.4 Å². The quantitative estimate of drug-likeness (QED) is 0.842. The molecule has 1 N–H and O–H groups in total. The molecule has 26 heavy (non-hydrogen) atoms. The van der Waals surface area contributed by atoms with E-state index in [0.717, 1.165) is 17.0 Å². The van der Waals surface area contributed by atoms with Gasteiger partial charge in [0.2, 0.25) is 15.2 Å². The molecule has 1 aliphatic heterocycles. The Balaban J connectivity index is 1.78. The van der Waals surface area contributed by atoms with Gasteiger partial charge in [-0.3, -0.25) is 14.4 Å². The van der Waals surface area contributed by atoms with Gasteiger partial charge in [0.25, 0.3) is 5.91 Å². The van der Waals surface area contributed by atoms with Crippen LogP contribution in [-0.2, 0) is 22.9 Å². The Morgan fingerprint density at radius 3 is 2.77 bits per heavy atom. The van der Waals surface area contributed by atoms with Crippen LogP contribution >= 0.6 is 11.3 Å². The van der Waals surface area contributed by atoms with Gasteiger partial charge in [0.05, 0.1) is 11.9 Å². The summed E-state index contributed by atoms with van der Waals surface area (Å²) in [4.78, 5) is 12.5. The lowest BCUT2D eigenvalue weighted by Crippen LogP contribution is -2.34. The topological polar surface area (TPSA) is 92.3 Å². The van der Waals surface area contributed by atoms with Gasteiger partial charge in [-0.1, -0.05) is 25.2 Å². The number of aromatic nitrogens is 2. The fourth-order valence-corrected chi connectivity index (χ4v) is 5.37. The lowest BCUT2D eigenvalue weighted by Gasteiger charge is -2.21. The molecule has 0 unspecified atom stereocenters. The van der Waals surface area contributed by atoms with E-state index in [9.17, 15) is 13.2 Å². The minimum Gasteiger partial charge on any atom is -0.296 e. The first-order chi connectivity index (χ1) is 12.1. The van der Waals surface area contributed by atoms with Crippen molar-refractivity contribution in [3.05, 3.63) is 34.3 Å². The highest BCUT2D eigenvalue weighted by molar-refractivity contribution is 7.92. The molecule has 1 atom stereocenters. The number of hydrogen-bond donors (Lipinski definition) is 1. The average Bonchev–Trinajstić information content (AvgIpc) is 3.07. The summed E-state index contributed by atoms with van der Waals surface area (Å²) in [5, 5.41) is 12.2. The number of carbonyl (C=O) groups is 1. The van der Waals surface area contributed by atoms with Crippen LogP contribution in [0.4, 0.5) is 10.8 Å². The van der Waals surface area contributed by atoms with Crippen molar-refractivity contribution < 1.29 is 13.2 Å². The second-order valence-electron chi connectivity index (χ2n) is 7.01. The Bertz CT molecular complexity index is 937. The summed E-state index contributed by atoms with van der Waals surface area (Å²) in [5.41, 5.74) is 1.98. The van der Waals surface area contributed by atoms with Crippen LogP contribution < -0.4 is 9.62 Å². The van der Waals surface area contributed by atoms with Crippen molar-refractivity contribution in [3.8, 4) is 0 Å². The number of nitrogens with zero attached hydrogens (tertiary/aromatic N) is 3. The number of benzene rings is 1. The first-order valence-corrected chi connectivity index (χ1v) is 11.1. The van der Waals surface area contributed by atoms with E-state index in [0.29, 0.717) is 28.7 Å². The summed E-state index contributed by atoms with van der Waals surface area (Å²) in [6.07, 6.45) is 2.61. The third-order valence-electron chi connectivity index (χ3n) is 4.12. The second kappa shape index (κ2) is 6.96. The van der Waals surface area contributed by atoms with Crippen molar-refractivity contribution in [2.75, 3.05) is 15.9 Å². The van der Waals surface area contributed by atoms with Gasteiger partial charge in [0.15, 0.2) is 0 Å². The first kappa shape index (κ1) is 18.8. The van der Waals surface area contributed by atoms with E-state index in [1.54, 1.807) is 18.2 Å². The van der Waals surface area contributed by atoms with Crippen LogP contribution in [0.15, 0.2) is 18.2 Å². The molecule has 1 aromatic heterocycles. The molecule has 0 bridgehead atoms. The average molecular weight is 395 g/mol. The smallest absolute Gasteiger partial charge is 0.257 e. The van der Waals surface area contributed by atoms with Gasteiger partial charge in [-0.2, -0.15) is 0 Å². The van der Waals surface area contributed by atoms with Crippen LogP contribution in [-0.4, -0.2) is 36.8 Å². The highest BCUT2D eigenvalue weighted by Gasteiger charge is 2.32. The van der Waals surface area contributed by atoms with Gasteiger partial charge in [0.1, 0.15) is 5.01 Å². The van der Waals surface area contributed by atoms with Crippen LogP contribution in [0.25, 0.3) is 0 Å². The molecule has 0 radical (unpaired) electrons. The van der Waals surface area contributed by atoms with Crippen molar-refractivity contribution >= 4 is 38.1 Å². The number of carbonyl (C=O) groups excluding carboxylic acids is 1. The molecule has 1 aromatic carbocycles. The largest absolute Gasteiger partial charge is 0.296 e. The van der Waals surface area contributed by atoms with Gasteiger partial charge in [-0.05, 0) is 43.0 Å². The van der Waals surface area contributed by atoms with Crippen molar-refractivity contribution in [1.29, 1.82) is 0 Å². The molecule has 2 heterocycles. The van der Waals surface area contributed by atoms with Crippen LogP contribution in [0.2, 0.25) is 0 Å². The highest BCUT2D eigenvalue weighted by atomic mass is 32.2. The molecule has 2 aromatic rings. The number of anilines is 2. The molecular weight excluding hydrogens is 372 g/mol. The molecule has 3 rings (SSSR count). The van der Waals surface area contributed by atoms with Gasteiger partial charge >= 0.3 is 0 Å². The summed E-state index contributed by atoms with van der Waals surface area (Å²) in [6, 6.07) is 4.93. The van der Waals surface area contributed by atoms with Crippen molar-refractivity contribution in [2.24, 2.45) is 5.92 Å². The van der Waals surface area contributed by atoms with Gasteiger partial charge in [-0.25, -0.2) is 8.42 Å². The number of hydrogen-bond acceptors (Lipinski definition) is 6. The van der Waals surface area contributed by atoms with E-state index in [4.69, 9.17) is 0 Å². The zero-order valence-electron chi connectivity index (χ0n) is 15.2. The maximum atomic E-state index is 12.5. The summed E-state index contributed by atoms with van der Waals surface area (Å²) in [7, 11) is -3.34. The van der Waals surface area contributed by atoms with Crippen LogP contribution in [0.5, 0.6) is 0 Å². The minimum atomic E-state index is -3.34. The normalized spacial score (nSPS) is 16.8. The predicted molar refractivity (Wildman–Crippen MR) is 103 cm³/mol. The number of sulfonamides is 1. The lowest BCUT2D eigenvalue weighted by molar-refractivity contribution is 0.102. The Morgan fingerprint density at radius 2 is 2.12 bits per heavy atom. The zero-order valence-corrected chi connectivity index (χ0v) is 16.8. The van der Waals surface area contributed by atoms with Gasteiger partial charge in [-0.15, -0.1) is 10.2 Å². The van der Waals surface area contributed by atoms with Gasteiger partial charge < -0.3 is 0 Å². The molecule has 1 amide bonds. The molecule has 1 aliphatic rings. The minimum absolute atomic E-state index is 0.153. The van der Waals surface area contributed by atoms with Gasteiger partial charge in [0, 0.05) is 18.0 Å². The van der Waals surface area contributed by atoms with E-state index in [1.165, 1.54) is 21.9 Å². The van der Waals surface area contributed by atoms with E-state index >= 15 is 0 Å². The highest BCUT2D eigenvalue weighted by Crippen LogP contribution is 2.34. The Kier molecular flexibility index (Phi) is 5.03. The number of nitrogens with one attached hydrogen (secondary N) is 1. The number of rotatable bonds is 5. The third-order valence-corrected chi connectivity index (χ3v) is 6.25. The molecule has 0 aliphatic carbocycles. The van der Waals surface area contributed by atoms with Crippen molar-refractivity contribution in [2.45, 2.75) is 39.7 Å². The maximum Gasteiger partial charge on any atom is 0.257 e. The molecule has 9 heteroatoms. The maximum absolute atomic E-state index is 12.5. The molecule has 0 saturated heterocycles. The third kappa shape index (κ3) is 3.88. The van der Waals surface area contributed by atoms with E-state index in [1.807, 2.05) is 6.92 Å². The summed E-state index contributed by atoms with van der Waals surface area (Å²) in [5.74, 6) is 0.202. The van der Waals surface area contributed by atoms with E-state index in [-0.39, 0.29) is 11.9 Å². The van der Waals surface area contributed by atoms with Crippen LogP contribution in [0, 0.1) is 5.92 Å². The first-order valence-electron chi connectivity index (χ1n) is 8.41. The lowest BCUT2D eigenvalue weighted by atomic mass is 10.1. The fraction of sp³-hybridized carbons (Fsp3) is 0.471. The molecule has 140 valence electrons.